The van der Waals surface area contributed by atoms with Crippen LogP contribution < -0.4 is 5.73 Å². The molecule has 2 rings (SSSR count). The van der Waals surface area contributed by atoms with Gasteiger partial charge in [0, 0.05) is 19.1 Å². The lowest BCUT2D eigenvalue weighted by Crippen LogP contribution is -2.51. The second-order valence-electron chi connectivity index (χ2n) is 4.85. The van der Waals surface area contributed by atoms with E-state index in [0.717, 1.165) is 12.8 Å². The first-order chi connectivity index (χ1) is 8.57. The van der Waals surface area contributed by atoms with E-state index in [9.17, 15) is 8.42 Å². The maximum absolute atomic E-state index is 12.6. The van der Waals surface area contributed by atoms with E-state index in [4.69, 9.17) is 5.73 Å². The number of nitrogens with zero attached hydrogens (tertiary/aromatic N) is 1. The normalized spacial score (nSPS) is 26.1. The van der Waals surface area contributed by atoms with Crippen LogP contribution in [0.25, 0.3) is 0 Å². The van der Waals surface area contributed by atoms with Crippen LogP contribution >= 0.6 is 0 Å². The van der Waals surface area contributed by atoms with E-state index in [1.165, 1.54) is 0 Å². The number of sulfonamides is 1. The fraction of sp³-hybridized carbons (Fsp3) is 0.538. The van der Waals surface area contributed by atoms with Crippen molar-refractivity contribution in [3.63, 3.8) is 0 Å². The molecule has 1 saturated heterocycles. The Morgan fingerprint density at radius 3 is 2.61 bits per heavy atom. The van der Waals surface area contributed by atoms with E-state index in [2.05, 4.69) is 6.92 Å². The highest BCUT2D eigenvalue weighted by Gasteiger charge is 2.36. The van der Waals surface area contributed by atoms with Crippen molar-refractivity contribution in [1.29, 1.82) is 0 Å². The minimum Gasteiger partial charge on any atom is -0.329 e. The van der Waals surface area contributed by atoms with Gasteiger partial charge in [0.25, 0.3) is 0 Å². The Balaban J connectivity index is 2.34. The summed E-state index contributed by atoms with van der Waals surface area (Å²) in [5.74, 6) is 0.322. The highest BCUT2D eigenvalue weighted by molar-refractivity contribution is 7.89. The van der Waals surface area contributed by atoms with Crippen molar-refractivity contribution in [2.45, 2.75) is 30.7 Å². The molecule has 18 heavy (non-hydrogen) atoms. The lowest BCUT2D eigenvalue weighted by atomic mass is 9.93. The summed E-state index contributed by atoms with van der Waals surface area (Å²) in [5.41, 5.74) is 5.75. The van der Waals surface area contributed by atoms with Gasteiger partial charge in [-0.2, -0.15) is 4.31 Å². The number of piperidine rings is 1. The summed E-state index contributed by atoms with van der Waals surface area (Å²) < 4.78 is 26.7. The molecule has 1 aliphatic heterocycles. The van der Waals surface area contributed by atoms with Crippen molar-refractivity contribution in [2.24, 2.45) is 11.7 Å². The Kier molecular flexibility index (Phi) is 4.04. The highest BCUT2D eigenvalue weighted by Crippen LogP contribution is 2.28. The molecular weight excluding hydrogens is 248 g/mol. The van der Waals surface area contributed by atoms with Gasteiger partial charge in [0.15, 0.2) is 0 Å². The zero-order valence-corrected chi connectivity index (χ0v) is 11.4. The molecule has 0 bridgehead atoms. The summed E-state index contributed by atoms with van der Waals surface area (Å²) in [6.45, 7) is 3.03. The molecule has 0 unspecified atom stereocenters. The first-order valence-electron chi connectivity index (χ1n) is 6.34. The number of hydrogen-bond donors (Lipinski definition) is 1. The molecule has 1 heterocycles. The van der Waals surface area contributed by atoms with Gasteiger partial charge in [0.05, 0.1) is 4.90 Å². The quantitative estimate of drug-likeness (QED) is 0.902. The summed E-state index contributed by atoms with van der Waals surface area (Å²) in [6, 6.07) is 8.52. The molecule has 0 radical (unpaired) electrons. The maximum atomic E-state index is 12.6. The van der Waals surface area contributed by atoms with E-state index in [0.29, 0.717) is 23.9 Å². The second-order valence-corrected chi connectivity index (χ2v) is 6.74. The van der Waals surface area contributed by atoms with Crippen LogP contribution in [0.5, 0.6) is 0 Å². The van der Waals surface area contributed by atoms with Crippen LogP contribution in [-0.2, 0) is 10.0 Å². The molecule has 2 atom stereocenters. The minimum absolute atomic E-state index is 0.0797. The molecule has 5 heteroatoms. The van der Waals surface area contributed by atoms with Crippen LogP contribution in [0.15, 0.2) is 35.2 Å². The Morgan fingerprint density at radius 1 is 1.33 bits per heavy atom. The van der Waals surface area contributed by atoms with E-state index in [1.807, 2.05) is 6.07 Å². The average molecular weight is 268 g/mol. The summed E-state index contributed by atoms with van der Waals surface area (Å²) in [4.78, 5) is 0.359. The molecule has 1 aliphatic rings. The molecule has 0 aromatic heterocycles. The largest absolute Gasteiger partial charge is 0.329 e. The molecule has 0 amide bonds. The molecule has 2 N–H and O–H groups in total. The van der Waals surface area contributed by atoms with Gasteiger partial charge < -0.3 is 5.73 Å². The van der Waals surface area contributed by atoms with Gasteiger partial charge in [0.2, 0.25) is 10.0 Å². The topological polar surface area (TPSA) is 63.4 Å². The maximum Gasteiger partial charge on any atom is 0.243 e. The molecular formula is C13H20N2O2S. The number of nitrogens with two attached hydrogens (primary N) is 1. The van der Waals surface area contributed by atoms with Crippen molar-refractivity contribution in [2.75, 3.05) is 13.1 Å². The van der Waals surface area contributed by atoms with Gasteiger partial charge in [-0.1, -0.05) is 25.1 Å². The predicted molar refractivity (Wildman–Crippen MR) is 71.6 cm³/mol. The number of rotatable bonds is 3. The van der Waals surface area contributed by atoms with Crippen molar-refractivity contribution < 1.29 is 8.42 Å². The highest BCUT2D eigenvalue weighted by atomic mass is 32.2. The second kappa shape index (κ2) is 5.38. The molecule has 0 aliphatic carbocycles. The fourth-order valence-corrected chi connectivity index (χ4v) is 4.38. The van der Waals surface area contributed by atoms with Crippen LogP contribution in [0.2, 0.25) is 0 Å². The summed E-state index contributed by atoms with van der Waals surface area (Å²) in [5, 5.41) is 0. The van der Waals surface area contributed by atoms with Crippen LogP contribution in [0.1, 0.15) is 19.8 Å². The average Bonchev–Trinajstić information content (AvgIpc) is 2.39. The first-order valence-corrected chi connectivity index (χ1v) is 7.78. The van der Waals surface area contributed by atoms with E-state index in [-0.39, 0.29) is 6.04 Å². The summed E-state index contributed by atoms with van der Waals surface area (Å²) in [6.07, 6.45) is 1.95. The molecule has 1 aromatic rings. The van der Waals surface area contributed by atoms with E-state index in [1.54, 1.807) is 28.6 Å². The van der Waals surface area contributed by atoms with Crippen molar-refractivity contribution in [1.82, 2.24) is 4.31 Å². The lowest BCUT2D eigenvalue weighted by molar-refractivity contribution is 0.192. The van der Waals surface area contributed by atoms with Gasteiger partial charge in [-0.05, 0) is 30.9 Å². The van der Waals surface area contributed by atoms with Gasteiger partial charge in [-0.25, -0.2) is 8.42 Å². The van der Waals surface area contributed by atoms with Crippen LogP contribution in [0, 0.1) is 5.92 Å². The van der Waals surface area contributed by atoms with Crippen molar-refractivity contribution in [3.8, 4) is 0 Å². The smallest absolute Gasteiger partial charge is 0.243 e. The van der Waals surface area contributed by atoms with Gasteiger partial charge in [0.1, 0.15) is 0 Å². The minimum atomic E-state index is -3.40. The number of benzene rings is 1. The monoisotopic (exact) mass is 268 g/mol. The number of hydrogen-bond acceptors (Lipinski definition) is 3. The van der Waals surface area contributed by atoms with Crippen LogP contribution in [0.4, 0.5) is 0 Å². The molecule has 0 spiro atoms. The van der Waals surface area contributed by atoms with Gasteiger partial charge in [-0.15, -0.1) is 0 Å². The zero-order chi connectivity index (χ0) is 13.2. The molecule has 0 saturated carbocycles. The SMILES string of the molecule is C[C@H]1CCCN(S(=O)(=O)c2ccccc2)[C@@H]1CN. The van der Waals surface area contributed by atoms with Crippen molar-refractivity contribution >= 4 is 10.0 Å². The third kappa shape index (κ3) is 2.43. The lowest BCUT2D eigenvalue weighted by Gasteiger charge is -2.38. The van der Waals surface area contributed by atoms with Gasteiger partial charge in [-0.3, -0.25) is 0 Å². The van der Waals surface area contributed by atoms with Crippen molar-refractivity contribution in [3.05, 3.63) is 30.3 Å². The Morgan fingerprint density at radius 2 is 2.00 bits per heavy atom. The first kappa shape index (κ1) is 13.5. The molecule has 100 valence electrons. The molecule has 1 aromatic carbocycles. The molecule has 4 nitrogen and oxygen atoms in total. The standard InChI is InChI=1S/C13H20N2O2S/c1-11-6-5-9-15(13(11)10-14)18(16,17)12-7-3-2-4-8-12/h2-4,7-8,11,13H,5-6,9-10,14H2,1H3/t11-,13+/m0/s1. The zero-order valence-electron chi connectivity index (χ0n) is 10.6. The van der Waals surface area contributed by atoms with E-state index < -0.39 is 10.0 Å². The molecule has 1 fully saturated rings. The van der Waals surface area contributed by atoms with Crippen LogP contribution in [0.3, 0.4) is 0 Å². The van der Waals surface area contributed by atoms with Crippen LogP contribution in [-0.4, -0.2) is 31.9 Å². The third-order valence-electron chi connectivity index (χ3n) is 3.66. The van der Waals surface area contributed by atoms with E-state index >= 15 is 0 Å². The Hall–Kier alpha value is -0.910. The summed E-state index contributed by atoms with van der Waals surface area (Å²) in [7, 11) is -3.40. The Labute approximate surface area is 109 Å². The Bertz CT molecular complexity index is 487. The predicted octanol–water partition coefficient (Wildman–Crippen LogP) is 1.43. The fourth-order valence-electron chi connectivity index (χ4n) is 2.59. The van der Waals surface area contributed by atoms with Gasteiger partial charge >= 0.3 is 0 Å². The summed E-state index contributed by atoms with van der Waals surface area (Å²) >= 11 is 0. The third-order valence-corrected chi connectivity index (χ3v) is 5.59.